The van der Waals surface area contributed by atoms with Crippen molar-refractivity contribution in [2.24, 2.45) is 0 Å². The van der Waals surface area contributed by atoms with Crippen LogP contribution in [0.3, 0.4) is 0 Å². The molecule has 0 radical (unpaired) electrons. The third-order valence-corrected chi connectivity index (χ3v) is 7.50. The summed E-state index contributed by atoms with van der Waals surface area (Å²) in [5, 5.41) is 15.4. The van der Waals surface area contributed by atoms with Crippen LogP contribution in [0.1, 0.15) is 21.7 Å². The van der Waals surface area contributed by atoms with Crippen LogP contribution in [-0.2, 0) is 11.3 Å². The molecular formula is C28H27Cl2N5O5S. The predicted octanol–water partition coefficient (Wildman–Crippen LogP) is 5.57. The van der Waals surface area contributed by atoms with E-state index in [2.05, 4.69) is 20.8 Å². The number of thioether (sulfide) groups is 1. The molecule has 10 nitrogen and oxygen atoms in total. The second-order valence-electron chi connectivity index (χ2n) is 8.64. The molecule has 0 bridgehead atoms. The number of anilines is 1. The van der Waals surface area contributed by atoms with Gasteiger partial charge in [-0.3, -0.25) is 14.2 Å². The van der Waals surface area contributed by atoms with Crippen LogP contribution in [0, 0.1) is 6.92 Å². The number of hydrogen-bond acceptors (Lipinski definition) is 8. The molecule has 0 fully saturated rings. The average Bonchev–Trinajstić information content (AvgIpc) is 3.38. The van der Waals surface area contributed by atoms with Crippen molar-refractivity contribution >= 4 is 52.5 Å². The number of aryl methyl sites for hydroxylation is 1. The van der Waals surface area contributed by atoms with Gasteiger partial charge in [0.25, 0.3) is 5.91 Å². The Morgan fingerprint density at radius 2 is 1.66 bits per heavy atom. The topological polar surface area (TPSA) is 117 Å². The van der Waals surface area contributed by atoms with Crippen LogP contribution in [0.15, 0.2) is 59.8 Å². The average molecular weight is 617 g/mol. The van der Waals surface area contributed by atoms with Gasteiger partial charge in [-0.1, -0.05) is 47.1 Å². The van der Waals surface area contributed by atoms with Gasteiger partial charge in [-0.15, -0.1) is 10.2 Å². The van der Waals surface area contributed by atoms with Crippen LogP contribution in [0.4, 0.5) is 5.69 Å². The van der Waals surface area contributed by atoms with E-state index in [0.29, 0.717) is 55.2 Å². The summed E-state index contributed by atoms with van der Waals surface area (Å²) in [7, 11) is 4.43. The van der Waals surface area contributed by atoms with Crippen molar-refractivity contribution in [2.75, 3.05) is 32.4 Å². The van der Waals surface area contributed by atoms with Crippen molar-refractivity contribution in [3.8, 4) is 22.9 Å². The van der Waals surface area contributed by atoms with Crippen molar-refractivity contribution in [3.05, 3.63) is 81.6 Å². The molecule has 1 aromatic heterocycles. The number of methoxy groups -OCH3 is 3. The first-order valence-corrected chi connectivity index (χ1v) is 14.0. The number of benzene rings is 3. The molecule has 0 spiro atoms. The number of amides is 2. The number of carbonyl (C=O) groups is 2. The summed E-state index contributed by atoms with van der Waals surface area (Å²) >= 11 is 13.6. The van der Waals surface area contributed by atoms with E-state index in [-0.39, 0.29) is 18.2 Å². The Bertz CT molecular complexity index is 1550. The molecule has 4 aromatic rings. The predicted molar refractivity (Wildman–Crippen MR) is 159 cm³/mol. The van der Waals surface area contributed by atoms with Crippen molar-refractivity contribution < 1.29 is 23.8 Å². The van der Waals surface area contributed by atoms with Crippen LogP contribution in [0.5, 0.6) is 17.2 Å². The minimum atomic E-state index is -0.403. The van der Waals surface area contributed by atoms with Gasteiger partial charge in [0.15, 0.2) is 22.5 Å². The van der Waals surface area contributed by atoms with Gasteiger partial charge in [0, 0.05) is 11.3 Å². The van der Waals surface area contributed by atoms with Crippen LogP contribution in [0.25, 0.3) is 5.69 Å². The number of nitrogens with one attached hydrogen (secondary N) is 2. The maximum Gasteiger partial charge on any atom is 0.251 e. The Labute approximate surface area is 251 Å². The molecular weight excluding hydrogens is 589 g/mol. The van der Waals surface area contributed by atoms with Crippen molar-refractivity contribution in [3.63, 3.8) is 0 Å². The summed E-state index contributed by atoms with van der Waals surface area (Å²) in [6.45, 7) is 1.96. The van der Waals surface area contributed by atoms with Crippen LogP contribution in [0.2, 0.25) is 10.0 Å². The van der Waals surface area contributed by atoms with E-state index in [4.69, 9.17) is 37.4 Å². The molecule has 2 N–H and O–H groups in total. The van der Waals surface area contributed by atoms with Crippen LogP contribution < -0.4 is 24.8 Å². The van der Waals surface area contributed by atoms with Crippen molar-refractivity contribution in [1.82, 2.24) is 20.1 Å². The molecule has 0 saturated carbocycles. The van der Waals surface area contributed by atoms with Gasteiger partial charge in [-0.2, -0.15) is 0 Å². The number of hydrogen-bond donors (Lipinski definition) is 2. The fraction of sp³-hybridized carbons (Fsp3) is 0.214. The molecule has 0 atom stereocenters. The molecule has 0 aliphatic heterocycles. The molecule has 0 aliphatic carbocycles. The monoisotopic (exact) mass is 615 g/mol. The maximum absolute atomic E-state index is 13.1. The quantitative estimate of drug-likeness (QED) is 0.210. The molecule has 0 saturated heterocycles. The van der Waals surface area contributed by atoms with Gasteiger partial charge >= 0.3 is 0 Å². The SMILES string of the molecule is COc1cc(C(=O)NCc2nnc(SCC(=O)Nc3cccc(C)c3)n2-c2ccc(Cl)c(Cl)c2)cc(OC)c1OC. The molecule has 2 amide bonds. The zero-order chi connectivity index (χ0) is 29.5. The summed E-state index contributed by atoms with van der Waals surface area (Å²) in [5.41, 5.74) is 2.65. The van der Waals surface area contributed by atoms with E-state index in [9.17, 15) is 9.59 Å². The summed E-state index contributed by atoms with van der Waals surface area (Å²) in [6.07, 6.45) is 0. The summed E-state index contributed by atoms with van der Waals surface area (Å²) in [4.78, 5) is 25.8. The van der Waals surface area contributed by atoms with E-state index in [0.717, 1.165) is 5.56 Å². The smallest absolute Gasteiger partial charge is 0.251 e. The molecule has 4 rings (SSSR count). The lowest BCUT2D eigenvalue weighted by atomic mass is 10.1. The van der Waals surface area contributed by atoms with Crippen LogP contribution >= 0.6 is 35.0 Å². The van der Waals surface area contributed by atoms with Gasteiger partial charge in [-0.05, 0) is 55.0 Å². The Balaban J connectivity index is 1.56. The zero-order valence-electron chi connectivity index (χ0n) is 22.7. The highest BCUT2D eigenvalue weighted by Gasteiger charge is 2.20. The van der Waals surface area contributed by atoms with Gasteiger partial charge in [0.1, 0.15) is 0 Å². The number of ether oxygens (including phenoxy) is 3. The van der Waals surface area contributed by atoms with E-state index < -0.39 is 5.91 Å². The summed E-state index contributed by atoms with van der Waals surface area (Å²) in [5.74, 6) is 0.939. The summed E-state index contributed by atoms with van der Waals surface area (Å²) < 4.78 is 17.7. The normalized spacial score (nSPS) is 10.7. The molecule has 3 aromatic carbocycles. The maximum atomic E-state index is 13.1. The first-order valence-electron chi connectivity index (χ1n) is 12.2. The highest BCUT2D eigenvalue weighted by molar-refractivity contribution is 7.99. The zero-order valence-corrected chi connectivity index (χ0v) is 25.0. The Kier molecular flexibility index (Phi) is 9.98. The van der Waals surface area contributed by atoms with E-state index in [1.807, 2.05) is 31.2 Å². The third kappa shape index (κ3) is 7.24. The molecule has 41 heavy (non-hydrogen) atoms. The number of nitrogens with zero attached hydrogens (tertiary/aromatic N) is 3. The molecule has 1 heterocycles. The number of carbonyl (C=O) groups excluding carboxylic acids is 2. The van der Waals surface area contributed by atoms with E-state index in [1.54, 1.807) is 34.9 Å². The number of aromatic nitrogens is 3. The van der Waals surface area contributed by atoms with E-state index in [1.165, 1.54) is 33.1 Å². The number of rotatable bonds is 11. The largest absolute Gasteiger partial charge is 0.493 e. The summed E-state index contributed by atoms with van der Waals surface area (Å²) in [6, 6.07) is 15.7. The van der Waals surface area contributed by atoms with Crippen LogP contribution in [-0.4, -0.2) is 53.7 Å². The fourth-order valence-corrected chi connectivity index (χ4v) is 4.98. The van der Waals surface area contributed by atoms with Gasteiger partial charge < -0.3 is 24.8 Å². The lowest BCUT2D eigenvalue weighted by Crippen LogP contribution is -2.25. The fourth-order valence-electron chi connectivity index (χ4n) is 3.92. The lowest BCUT2D eigenvalue weighted by Gasteiger charge is -2.14. The Morgan fingerprint density at radius 3 is 2.29 bits per heavy atom. The second-order valence-corrected chi connectivity index (χ2v) is 10.4. The Morgan fingerprint density at radius 1 is 0.927 bits per heavy atom. The van der Waals surface area contributed by atoms with Crippen molar-refractivity contribution in [2.45, 2.75) is 18.6 Å². The highest BCUT2D eigenvalue weighted by Crippen LogP contribution is 2.38. The van der Waals surface area contributed by atoms with Gasteiger partial charge in [-0.25, -0.2) is 0 Å². The lowest BCUT2D eigenvalue weighted by molar-refractivity contribution is -0.113. The van der Waals surface area contributed by atoms with Gasteiger partial charge in [0.05, 0.1) is 49.4 Å². The highest BCUT2D eigenvalue weighted by atomic mass is 35.5. The second kappa shape index (κ2) is 13.6. The molecule has 13 heteroatoms. The van der Waals surface area contributed by atoms with E-state index >= 15 is 0 Å². The third-order valence-electron chi connectivity index (χ3n) is 5.83. The molecule has 214 valence electrons. The standard InChI is InChI=1S/C28H27Cl2N5O5S/c1-16-6-5-7-18(10-16)32-25(36)15-41-28-34-33-24(35(28)19-8-9-20(29)21(30)13-19)14-31-27(37)17-11-22(38-2)26(40-4)23(12-17)39-3/h5-13H,14-15H2,1-4H3,(H,31,37)(H,32,36). The number of halogens is 2. The minimum Gasteiger partial charge on any atom is -0.493 e. The molecule has 0 aliphatic rings. The molecule has 0 unspecified atom stereocenters. The Hall–Kier alpha value is -3.93. The van der Waals surface area contributed by atoms with Crippen molar-refractivity contribution in [1.29, 1.82) is 0 Å². The minimum absolute atomic E-state index is 0.0127. The first-order chi connectivity index (χ1) is 19.7. The van der Waals surface area contributed by atoms with Gasteiger partial charge in [0.2, 0.25) is 11.7 Å². The first kappa shape index (κ1) is 30.0.